The fourth-order valence-electron chi connectivity index (χ4n) is 5.17. The Hall–Kier alpha value is -4.62. The number of hydrogen-bond acceptors (Lipinski definition) is 4. The van der Waals surface area contributed by atoms with Crippen molar-refractivity contribution in [1.29, 1.82) is 0 Å². The van der Waals surface area contributed by atoms with E-state index >= 15 is 26.3 Å². The lowest BCUT2D eigenvalue weighted by Crippen LogP contribution is -2.54. The maximum absolute atomic E-state index is 15.0. The Balaban J connectivity index is 1.98. The summed E-state index contributed by atoms with van der Waals surface area (Å²) in [7, 11) is 4.67. The maximum Gasteiger partial charge on any atom is 0.411 e. The zero-order valence-electron chi connectivity index (χ0n) is 24.7. The summed E-state index contributed by atoms with van der Waals surface area (Å²) in [5.41, 5.74) is -7.26. The number of aromatic nitrogens is 4. The third-order valence-corrected chi connectivity index (χ3v) is 7.56. The van der Waals surface area contributed by atoms with E-state index in [9.17, 15) is 10.2 Å². The second-order valence-corrected chi connectivity index (χ2v) is 10.4. The average molecular weight is 621 g/mol. The van der Waals surface area contributed by atoms with E-state index in [0.29, 0.717) is 18.7 Å². The Kier molecular flexibility index (Phi) is 8.42. The van der Waals surface area contributed by atoms with E-state index in [2.05, 4.69) is 9.98 Å². The number of nitrogens with zero attached hydrogens (tertiary/aromatic N) is 6. The number of benzene rings is 2. The van der Waals surface area contributed by atoms with E-state index in [1.807, 2.05) is 0 Å². The molecule has 2 aromatic carbocycles. The molecule has 0 N–H and O–H groups in total. The van der Waals surface area contributed by atoms with Gasteiger partial charge in [0.2, 0.25) is 5.41 Å². The minimum absolute atomic E-state index is 0.0600. The largest absolute Gasteiger partial charge is 0.853 e. The lowest BCUT2D eigenvalue weighted by atomic mass is 9.72. The number of alkyl halides is 6. The molecule has 0 bridgehead atoms. The Bertz CT molecular complexity index is 1730. The third-order valence-electron chi connectivity index (χ3n) is 7.56. The van der Waals surface area contributed by atoms with Crippen LogP contribution in [0, 0.1) is 13.8 Å². The molecule has 0 aliphatic heterocycles. The third kappa shape index (κ3) is 5.44. The molecule has 0 unspecified atom stereocenters. The smallest absolute Gasteiger partial charge is 0.411 e. The molecule has 0 spiro atoms. The predicted octanol–water partition coefficient (Wildman–Crippen LogP) is 3.40. The van der Waals surface area contributed by atoms with Gasteiger partial charge in [-0.15, -0.1) is 0 Å². The maximum atomic E-state index is 15.0. The summed E-state index contributed by atoms with van der Waals surface area (Å²) < 4.78 is 95.9. The van der Waals surface area contributed by atoms with Crippen LogP contribution >= 0.6 is 0 Å². The summed E-state index contributed by atoms with van der Waals surface area (Å²) >= 11 is 0. The normalized spacial score (nSPS) is 13.5. The van der Waals surface area contributed by atoms with Crippen molar-refractivity contribution in [2.75, 3.05) is 0 Å². The van der Waals surface area contributed by atoms with Crippen molar-refractivity contribution in [2.24, 2.45) is 31.1 Å². The Morgan fingerprint density at radius 2 is 1.18 bits per heavy atom. The average Bonchev–Trinajstić information content (AvgIpc) is 3.46. The van der Waals surface area contributed by atoms with Crippen LogP contribution < -0.4 is 19.3 Å². The summed E-state index contributed by atoms with van der Waals surface area (Å²) in [4.78, 5) is 7.83. The molecule has 0 aliphatic rings. The van der Waals surface area contributed by atoms with Crippen LogP contribution in [-0.2, 0) is 33.1 Å². The molecule has 0 saturated carbocycles. The molecular formula is C30H30F6N6O2. The molecule has 44 heavy (non-hydrogen) atoms. The summed E-state index contributed by atoms with van der Waals surface area (Å²) in [5, 5.41) is 26.0. The van der Waals surface area contributed by atoms with E-state index in [1.54, 1.807) is 57.4 Å². The number of rotatable bonds is 7. The zero-order valence-corrected chi connectivity index (χ0v) is 24.7. The van der Waals surface area contributed by atoms with Gasteiger partial charge in [-0.05, 0) is 55.2 Å². The fourth-order valence-corrected chi connectivity index (χ4v) is 5.17. The first-order valence-electron chi connectivity index (χ1n) is 13.4. The van der Waals surface area contributed by atoms with Crippen molar-refractivity contribution in [2.45, 2.75) is 45.1 Å². The van der Waals surface area contributed by atoms with Crippen LogP contribution in [0.4, 0.5) is 37.7 Å². The van der Waals surface area contributed by atoms with Crippen LogP contribution in [-0.4, -0.2) is 33.3 Å². The van der Waals surface area contributed by atoms with Crippen LogP contribution in [0.2, 0.25) is 0 Å². The Morgan fingerprint density at radius 3 is 1.59 bits per heavy atom. The van der Waals surface area contributed by atoms with Crippen molar-refractivity contribution in [3.63, 3.8) is 0 Å². The molecule has 2 heterocycles. The molecule has 0 amide bonds. The molecule has 0 radical (unpaired) electrons. The van der Waals surface area contributed by atoms with E-state index in [0.717, 1.165) is 24.3 Å². The second-order valence-electron chi connectivity index (χ2n) is 10.4. The number of aliphatic imine (C=N–C) groups is 2. The molecule has 8 nitrogen and oxygen atoms in total. The van der Waals surface area contributed by atoms with E-state index in [4.69, 9.17) is 0 Å². The topological polar surface area (TPSA) is 88.5 Å². The standard InChI is InChI=1S/C30H30F6N6O2/c1-7-42-15-14-41(6)27(42)25(44)38-23-17-21(11-9-19(23)3)28(29(31,32)33,30(34,35)36)20-10-8-18(2)22(16-20)37-24(43)26-39(4)12-13-40(26)5/h8-17H,7H2,1-6H3. The van der Waals surface area contributed by atoms with Gasteiger partial charge in [-0.2, -0.15) is 26.3 Å². The Morgan fingerprint density at radius 1 is 0.750 bits per heavy atom. The highest BCUT2D eigenvalue weighted by atomic mass is 19.4. The van der Waals surface area contributed by atoms with Gasteiger partial charge in [-0.3, -0.25) is 9.98 Å². The van der Waals surface area contributed by atoms with Gasteiger partial charge in [0.25, 0.3) is 11.6 Å². The van der Waals surface area contributed by atoms with Gasteiger partial charge in [0, 0.05) is 0 Å². The van der Waals surface area contributed by atoms with Gasteiger partial charge in [-0.1, -0.05) is 24.3 Å². The highest BCUT2D eigenvalue weighted by Crippen LogP contribution is 2.57. The van der Waals surface area contributed by atoms with Crippen LogP contribution in [0.15, 0.2) is 71.2 Å². The molecule has 2 aromatic heterocycles. The first-order valence-corrected chi connectivity index (χ1v) is 13.4. The molecule has 4 aromatic rings. The zero-order chi connectivity index (χ0) is 32.8. The summed E-state index contributed by atoms with van der Waals surface area (Å²) in [6.07, 6.45) is -5.54. The molecule has 0 fully saturated rings. The molecule has 14 heteroatoms. The molecule has 234 valence electrons. The van der Waals surface area contributed by atoms with Crippen LogP contribution in [0.1, 0.15) is 40.8 Å². The lowest BCUT2D eigenvalue weighted by molar-refractivity contribution is -0.674. The van der Waals surface area contributed by atoms with Crippen LogP contribution in [0.25, 0.3) is 0 Å². The predicted molar refractivity (Wildman–Crippen MR) is 146 cm³/mol. The minimum atomic E-state index is -5.91. The highest BCUT2D eigenvalue weighted by molar-refractivity contribution is 5.88. The van der Waals surface area contributed by atoms with Crippen molar-refractivity contribution < 1.29 is 45.7 Å². The quantitative estimate of drug-likeness (QED) is 0.137. The molecule has 0 atom stereocenters. The molecular weight excluding hydrogens is 590 g/mol. The van der Waals surface area contributed by atoms with Gasteiger partial charge in [0.15, 0.2) is 0 Å². The first-order chi connectivity index (χ1) is 20.4. The van der Waals surface area contributed by atoms with Gasteiger partial charge in [0.05, 0.1) is 50.9 Å². The Labute approximate surface area is 249 Å². The van der Waals surface area contributed by atoms with Crippen molar-refractivity contribution in [1.82, 2.24) is 9.13 Å². The van der Waals surface area contributed by atoms with E-state index < -0.39 is 40.7 Å². The summed E-state index contributed by atoms with van der Waals surface area (Å²) in [6, 6.07) is 4.83. The molecule has 0 saturated heterocycles. The van der Waals surface area contributed by atoms with E-state index in [-0.39, 0.29) is 34.2 Å². The van der Waals surface area contributed by atoms with Crippen molar-refractivity contribution in [3.05, 3.63) is 95.1 Å². The lowest BCUT2D eigenvalue weighted by Gasteiger charge is -2.38. The van der Waals surface area contributed by atoms with Crippen molar-refractivity contribution in [3.8, 4) is 0 Å². The van der Waals surface area contributed by atoms with Crippen LogP contribution in [0.3, 0.4) is 0 Å². The number of aryl methyl sites for hydroxylation is 6. The monoisotopic (exact) mass is 620 g/mol. The number of imidazole rings is 2. The molecule has 0 aliphatic carbocycles. The summed E-state index contributed by atoms with van der Waals surface area (Å²) in [5.74, 6) is -1.54. The van der Waals surface area contributed by atoms with Gasteiger partial charge >= 0.3 is 12.4 Å². The minimum Gasteiger partial charge on any atom is -0.853 e. The first kappa shape index (κ1) is 32.3. The number of halogens is 6. The van der Waals surface area contributed by atoms with Crippen molar-refractivity contribution >= 4 is 23.2 Å². The van der Waals surface area contributed by atoms with E-state index in [1.165, 1.54) is 27.5 Å². The second kappa shape index (κ2) is 11.5. The SMILES string of the molecule is CCn1cc[n+](C)c1C([O-])=Nc1cc(C(c2ccc(C)c(N=C([O-])c3n(C)cc[n+]3C)c2)(C(F)(F)F)C(F)(F)F)ccc1C. The molecule has 4 rings (SSSR count). The van der Waals surface area contributed by atoms with Gasteiger partial charge in [0.1, 0.15) is 24.8 Å². The van der Waals surface area contributed by atoms with Gasteiger partial charge < -0.3 is 10.2 Å². The fraction of sp³-hybridized carbons (Fsp3) is 0.333. The van der Waals surface area contributed by atoms with Gasteiger partial charge in [-0.25, -0.2) is 18.3 Å². The van der Waals surface area contributed by atoms with Crippen LogP contribution in [0.5, 0.6) is 0 Å². The number of hydrogen-bond donors (Lipinski definition) is 0. The highest BCUT2D eigenvalue weighted by Gasteiger charge is 2.72. The summed E-state index contributed by atoms with van der Waals surface area (Å²) in [6.45, 7) is 4.99.